The first kappa shape index (κ1) is 20.2. The van der Waals surface area contributed by atoms with Crippen LogP contribution in [0.5, 0.6) is 5.75 Å². The Morgan fingerprint density at radius 1 is 1.19 bits per heavy atom. The number of ether oxygens (including phenoxy) is 1. The van der Waals surface area contributed by atoms with Gasteiger partial charge in [0.25, 0.3) is 11.6 Å². The van der Waals surface area contributed by atoms with Crippen LogP contribution in [0.2, 0.25) is 5.02 Å². The molecule has 0 radical (unpaired) electrons. The number of furan rings is 1. The summed E-state index contributed by atoms with van der Waals surface area (Å²) in [4.78, 5) is 26.1. The molecule has 9 heteroatoms. The van der Waals surface area contributed by atoms with Crippen molar-refractivity contribution in [1.29, 1.82) is 0 Å². The van der Waals surface area contributed by atoms with Crippen LogP contribution < -0.4 is 15.0 Å². The second-order valence-corrected chi connectivity index (χ2v) is 7.03. The molecule has 1 saturated heterocycles. The molecule has 2 aromatic carbocycles. The summed E-state index contributed by atoms with van der Waals surface area (Å²) in [6.45, 7) is 3.42. The summed E-state index contributed by atoms with van der Waals surface area (Å²) in [5.41, 5.74) is 1.52. The van der Waals surface area contributed by atoms with E-state index in [-0.39, 0.29) is 5.70 Å². The zero-order chi connectivity index (χ0) is 22.1. The topological polar surface area (TPSA) is 95.0 Å². The Bertz CT molecular complexity index is 1250. The first-order valence-corrected chi connectivity index (χ1v) is 9.45. The molecule has 0 spiro atoms. The molecule has 31 heavy (non-hydrogen) atoms. The highest BCUT2D eigenvalue weighted by Crippen LogP contribution is 2.34. The molecular weight excluding hydrogens is 422 g/mol. The largest absolute Gasteiger partial charge is 0.496 e. The molecule has 2 N–H and O–H groups in total. The second kappa shape index (κ2) is 8.00. The molecule has 1 aliphatic rings. The van der Waals surface area contributed by atoms with Crippen molar-refractivity contribution in [3.63, 3.8) is 0 Å². The van der Waals surface area contributed by atoms with Crippen molar-refractivity contribution in [2.24, 2.45) is 0 Å². The number of nitrogens with one attached hydrogen (secondary N) is 1. The number of hydrogen-bond donors (Lipinski definition) is 2. The Labute approximate surface area is 182 Å². The first-order chi connectivity index (χ1) is 14.9. The standard InChI is InChI=1S/C22H16ClN3O5/c1-25(29)14-6-8-17(20(11-14)30-2)19-9-7-16(31-19)12-18-21(27)26(22(28)24-18)15-5-3-4-13(23)10-15/h3-12H,1H2,2H3,(H-,24,28,29)/p+1/b18-12+. The van der Waals surface area contributed by atoms with E-state index in [0.717, 1.165) is 9.64 Å². The normalized spacial score (nSPS) is 14.8. The number of rotatable bonds is 5. The SMILES string of the molecule is C=[N+](O)c1ccc(-c2ccc(/C=C3/NC(=O)N(c4cccc(Cl)c4)C3=O)o2)c(OC)c1. The lowest BCUT2D eigenvalue weighted by molar-refractivity contribution is -0.706. The Hall–Kier alpha value is -4.04. The number of carbonyl (C=O) groups is 2. The zero-order valence-corrected chi connectivity index (χ0v) is 17.1. The van der Waals surface area contributed by atoms with Gasteiger partial charge in [-0.25, -0.2) is 9.69 Å². The fourth-order valence-electron chi connectivity index (χ4n) is 3.15. The molecule has 0 bridgehead atoms. The van der Waals surface area contributed by atoms with Crippen molar-refractivity contribution in [2.45, 2.75) is 0 Å². The third kappa shape index (κ3) is 3.88. The molecule has 156 valence electrons. The molecule has 0 saturated carbocycles. The molecule has 1 fully saturated rings. The van der Waals surface area contributed by atoms with Crippen LogP contribution in [0.1, 0.15) is 5.76 Å². The molecule has 8 nitrogen and oxygen atoms in total. The van der Waals surface area contributed by atoms with Gasteiger partial charge in [-0.05, 0) is 36.4 Å². The lowest BCUT2D eigenvalue weighted by Gasteiger charge is -2.11. The van der Waals surface area contributed by atoms with Crippen LogP contribution in [-0.2, 0) is 4.79 Å². The predicted octanol–water partition coefficient (Wildman–Crippen LogP) is 4.44. The minimum atomic E-state index is -0.579. The maximum absolute atomic E-state index is 12.7. The summed E-state index contributed by atoms with van der Waals surface area (Å²) in [5.74, 6) is 0.780. The molecule has 2 heterocycles. The highest BCUT2D eigenvalue weighted by Gasteiger charge is 2.35. The van der Waals surface area contributed by atoms with Crippen LogP contribution in [0.3, 0.4) is 0 Å². The number of carbonyl (C=O) groups excluding carboxylic acids is 2. The van der Waals surface area contributed by atoms with Gasteiger partial charge in [0.2, 0.25) is 0 Å². The smallest absolute Gasteiger partial charge is 0.333 e. The van der Waals surface area contributed by atoms with Crippen molar-refractivity contribution in [1.82, 2.24) is 5.32 Å². The fourth-order valence-corrected chi connectivity index (χ4v) is 3.33. The molecule has 1 aromatic heterocycles. The Morgan fingerprint density at radius 2 is 2.00 bits per heavy atom. The van der Waals surface area contributed by atoms with Crippen molar-refractivity contribution in [2.75, 3.05) is 12.0 Å². The number of imide groups is 1. The van der Waals surface area contributed by atoms with Crippen LogP contribution in [0.4, 0.5) is 16.2 Å². The van der Waals surface area contributed by atoms with Gasteiger partial charge in [-0.1, -0.05) is 17.7 Å². The van der Waals surface area contributed by atoms with Crippen molar-refractivity contribution in [3.8, 4) is 17.1 Å². The number of methoxy groups -OCH3 is 1. The van der Waals surface area contributed by atoms with E-state index in [0.29, 0.717) is 39.2 Å². The van der Waals surface area contributed by atoms with E-state index in [1.807, 2.05) is 0 Å². The molecule has 0 aliphatic carbocycles. The average Bonchev–Trinajstić information content (AvgIpc) is 3.31. The minimum absolute atomic E-state index is 0.0705. The molecule has 3 amide bonds. The van der Waals surface area contributed by atoms with Crippen LogP contribution >= 0.6 is 11.6 Å². The number of benzene rings is 2. The third-order valence-corrected chi connectivity index (χ3v) is 4.84. The summed E-state index contributed by atoms with van der Waals surface area (Å²) < 4.78 is 11.9. The van der Waals surface area contributed by atoms with E-state index in [1.54, 1.807) is 48.5 Å². The zero-order valence-electron chi connectivity index (χ0n) is 16.3. The Kier molecular flexibility index (Phi) is 5.22. The van der Waals surface area contributed by atoms with Crippen molar-refractivity contribution < 1.29 is 28.7 Å². The molecule has 3 aromatic rings. The number of nitrogens with zero attached hydrogens (tertiary/aromatic N) is 2. The van der Waals surface area contributed by atoms with Gasteiger partial charge in [-0.2, -0.15) is 0 Å². The third-order valence-electron chi connectivity index (χ3n) is 4.61. The summed E-state index contributed by atoms with van der Waals surface area (Å²) in [6, 6.07) is 14.2. The highest BCUT2D eigenvalue weighted by molar-refractivity contribution is 6.32. The number of halogens is 1. The molecule has 1 aliphatic heterocycles. The van der Waals surface area contributed by atoms with Crippen molar-refractivity contribution >= 4 is 47.7 Å². The van der Waals surface area contributed by atoms with E-state index >= 15 is 0 Å². The summed E-state index contributed by atoms with van der Waals surface area (Å²) in [6.07, 6.45) is 1.44. The van der Waals surface area contributed by atoms with E-state index in [4.69, 9.17) is 20.8 Å². The maximum atomic E-state index is 12.7. The maximum Gasteiger partial charge on any atom is 0.333 e. The van der Waals surface area contributed by atoms with Gasteiger partial charge in [0.15, 0.2) is 6.72 Å². The van der Waals surface area contributed by atoms with Gasteiger partial charge < -0.3 is 14.5 Å². The van der Waals surface area contributed by atoms with Crippen LogP contribution in [0.25, 0.3) is 17.4 Å². The number of anilines is 1. The Balaban J connectivity index is 1.63. The van der Waals surface area contributed by atoms with E-state index in [2.05, 4.69) is 12.0 Å². The summed E-state index contributed by atoms with van der Waals surface area (Å²) in [5, 5.41) is 12.4. The molecule has 4 rings (SSSR count). The Morgan fingerprint density at radius 3 is 2.71 bits per heavy atom. The average molecular weight is 439 g/mol. The summed E-state index contributed by atoms with van der Waals surface area (Å²) >= 11 is 5.97. The van der Waals surface area contributed by atoms with E-state index < -0.39 is 11.9 Å². The number of urea groups is 1. The van der Waals surface area contributed by atoms with Crippen LogP contribution in [0.15, 0.2) is 64.7 Å². The molecular formula is C22H17ClN3O5+. The van der Waals surface area contributed by atoms with Gasteiger partial charge in [0.05, 0.1) is 24.4 Å². The van der Waals surface area contributed by atoms with E-state index in [1.165, 1.54) is 19.3 Å². The second-order valence-electron chi connectivity index (χ2n) is 6.59. The van der Waals surface area contributed by atoms with Crippen LogP contribution in [0, 0.1) is 0 Å². The molecule has 0 atom stereocenters. The fraction of sp³-hybridized carbons (Fsp3) is 0.0455. The minimum Gasteiger partial charge on any atom is -0.496 e. The number of hydrogen-bond acceptors (Lipinski definition) is 5. The van der Waals surface area contributed by atoms with Gasteiger partial charge in [-0.15, -0.1) is 0 Å². The van der Waals surface area contributed by atoms with Gasteiger partial charge in [0.1, 0.15) is 23.0 Å². The molecule has 0 unspecified atom stereocenters. The lowest BCUT2D eigenvalue weighted by atomic mass is 10.1. The van der Waals surface area contributed by atoms with Gasteiger partial charge >= 0.3 is 6.03 Å². The van der Waals surface area contributed by atoms with Gasteiger partial charge in [0, 0.05) is 21.9 Å². The number of amides is 3. The highest BCUT2D eigenvalue weighted by atomic mass is 35.5. The van der Waals surface area contributed by atoms with Gasteiger partial charge in [-0.3, -0.25) is 10.0 Å². The van der Waals surface area contributed by atoms with Crippen molar-refractivity contribution in [3.05, 3.63) is 71.1 Å². The first-order valence-electron chi connectivity index (χ1n) is 9.08. The predicted molar refractivity (Wildman–Crippen MR) is 115 cm³/mol. The quantitative estimate of drug-likeness (QED) is 0.153. The summed E-state index contributed by atoms with van der Waals surface area (Å²) in [7, 11) is 1.50. The lowest BCUT2D eigenvalue weighted by Crippen LogP contribution is -2.30. The van der Waals surface area contributed by atoms with E-state index in [9.17, 15) is 14.8 Å². The monoisotopic (exact) mass is 438 g/mol. The van der Waals surface area contributed by atoms with Crippen LogP contribution in [-0.4, -0.2) is 35.7 Å².